The average Bonchev–Trinajstić information content (AvgIpc) is 3.31. The molecule has 0 amide bonds. The van der Waals surface area contributed by atoms with E-state index in [1.165, 1.54) is 11.3 Å². The molecule has 7 nitrogen and oxygen atoms in total. The number of para-hydroxylation sites is 1. The minimum atomic E-state index is -0.269. The van der Waals surface area contributed by atoms with Crippen molar-refractivity contribution in [3.63, 3.8) is 0 Å². The lowest BCUT2D eigenvalue weighted by atomic mass is 9.95. The molecule has 0 spiro atoms. The van der Waals surface area contributed by atoms with E-state index in [1.807, 2.05) is 59.7 Å². The van der Waals surface area contributed by atoms with Gasteiger partial charge in [0.25, 0.3) is 0 Å². The van der Waals surface area contributed by atoms with Gasteiger partial charge in [-0.3, -0.25) is 0 Å². The van der Waals surface area contributed by atoms with Crippen LogP contribution in [0.3, 0.4) is 0 Å². The maximum atomic E-state index is 10.1. The van der Waals surface area contributed by atoms with E-state index in [4.69, 9.17) is 20.0 Å². The Labute approximate surface area is 194 Å². The maximum absolute atomic E-state index is 10.1. The molecule has 2 aromatic heterocycles. The lowest BCUT2D eigenvalue weighted by Gasteiger charge is -2.33. The lowest BCUT2D eigenvalue weighted by molar-refractivity contribution is 0.320. The fourth-order valence-electron chi connectivity index (χ4n) is 3.85. The Morgan fingerprint density at radius 3 is 2.73 bits per heavy atom. The van der Waals surface area contributed by atoms with Gasteiger partial charge in [0.1, 0.15) is 5.75 Å². The number of rotatable bonds is 5. The minimum absolute atomic E-state index is 0.0895. The van der Waals surface area contributed by atoms with Crippen molar-refractivity contribution in [3.05, 3.63) is 89.8 Å². The summed E-state index contributed by atoms with van der Waals surface area (Å²) in [7, 11) is 1.64. The molecule has 0 fully saturated rings. The number of hydrogen-bond donors (Lipinski definition) is 1. The number of thiazole rings is 1. The van der Waals surface area contributed by atoms with Crippen molar-refractivity contribution in [1.29, 1.82) is 5.26 Å². The highest BCUT2D eigenvalue weighted by molar-refractivity contribution is 7.21. The van der Waals surface area contributed by atoms with Gasteiger partial charge in [0.15, 0.2) is 15.6 Å². The van der Waals surface area contributed by atoms with E-state index in [9.17, 15) is 5.11 Å². The first-order valence-corrected chi connectivity index (χ1v) is 11.1. The van der Waals surface area contributed by atoms with Crippen LogP contribution in [0.5, 0.6) is 5.75 Å². The third-order valence-corrected chi connectivity index (χ3v) is 6.40. The first kappa shape index (κ1) is 20.8. The average molecular weight is 454 g/mol. The topological polar surface area (TPSA) is 95.2 Å². The van der Waals surface area contributed by atoms with Gasteiger partial charge in [0.05, 0.1) is 43.3 Å². The molecule has 33 heavy (non-hydrogen) atoms. The highest BCUT2D eigenvalue weighted by Gasteiger charge is 2.29. The summed E-state index contributed by atoms with van der Waals surface area (Å²) < 4.78 is 5.59. The van der Waals surface area contributed by atoms with Crippen molar-refractivity contribution in [3.8, 4) is 23.1 Å². The summed E-state index contributed by atoms with van der Waals surface area (Å²) in [6.45, 7) is -0.0895. The highest BCUT2D eigenvalue weighted by atomic mass is 32.1. The van der Waals surface area contributed by atoms with Crippen molar-refractivity contribution < 1.29 is 9.84 Å². The molecule has 0 saturated heterocycles. The van der Waals surface area contributed by atoms with Crippen molar-refractivity contribution in [1.82, 2.24) is 15.0 Å². The van der Waals surface area contributed by atoms with Crippen LogP contribution < -0.4 is 9.64 Å². The Balaban J connectivity index is 1.56. The summed E-state index contributed by atoms with van der Waals surface area (Å²) in [4.78, 5) is 16.7. The van der Waals surface area contributed by atoms with Crippen LogP contribution in [0.25, 0.3) is 21.7 Å². The van der Waals surface area contributed by atoms with Gasteiger partial charge in [-0.2, -0.15) is 10.2 Å². The quantitative estimate of drug-likeness (QED) is 0.471. The summed E-state index contributed by atoms with van der Waals surface area (Å²) in [5.74, 6) is 0.739. The summed E-state index contributed by atoms with van der Waals surface area (Å²) in [6.07, 6.45) is 7.44. The van der Waals surface area contributed by atoms with Crippen molar-refractivity contribution in [2.45, 2.75) is 6.04 Å². The number of hydrogen-bond acceptors (Lipinski definition) is 8. The molecule has 5 rings (SSSR count). The van der Waals surface area contributed by atoms with Gasteiger partial charge in [-0.15, -0.1) is 0 Å². The van der Waals surface area contributed by atoms with Gasteiger partial charge < -0.3 is 14.7 Å². The zero-order valence-electron chi connectivity index (χ0n) is 17.7. The molecule has 0 aliphatic carbocycles. The van der Waals surface area contributed by atoms with Crippen molar-refractivity contribution in [2.75, 3.05) is 18.6 Å². The van der Waals surface area contributed by atoms with Gasteiger partial charge in [-0.05, 0) is 29.8 Å². The number of allylic oxidation sites excluding steroid dienone is 2. The van der Waals surface area contributed by atoms with Gasteiger partial charge >= 0.3 is 0 Å². The second-order valence-electron chi connectivity index (χ2n) is 7.36. The molecule has 8 heteroatoms. The number of benzene rings is 2. The molecule has 162 valence electrons. The number of aliphatic hydroxyl groups is 1. The monoisotopic (exact) mass is 453 g/mol. The molecule has 0 radical (unpaired) electrons. The van der Waals surface area contributed by atoms with E-state index in [0.717, 1.165) is 22.4 Å². The standard InChI is InChI=1S/C25H19N5O2S/c1-32-21-7-3-2-6-19(21)22-18(15-31)5-4-12-30(22)25-29-23-24(33-25)28-20(14-27-23)17-10-8-16(13-26)9-11-17/h2-12,14,22,31H,15H2,1H3. The summed E-state index contributed by atoms with van der Waals surface area (Å²) in [5, 5.41) is 19.8. The fraction of sp³-hybridized carbons (Fsp3) is 0.120. The van der Waals surface area contributed by atoms with Crippen molar-refractivity contribution in [2.24, 2.45) is 0 Å². The molecule has 1 aliphatic rings. The molecular weight excluding hydrogens is 434 g/mol. The van der Waals surface area contributed by atoms with Gasteiger partial charge in [0.2, 0.25) is 0 Å². The number of aliphatic hydroxyl groups excluding tert-OH is 1. The van der Waals surface area contributed by atoms with Crippen LogP contribution in [0, 0.1) is 11.3 Å². The van der Waals surface area contributed by atoms with E-state index in [0.29, 0.717) is 26.9 Å². The zero-order valence-corrected chi connectivity index (χ0v) is 18.5. The molecule has 4 aromatic rings. The molecule has 3 heterocycles. The third kappa shape index (κ3) is 3.84. The molecular formula is C25H19N5O2S. The normalized spacial score (nSPS) is 15.4. The first-order chi connectivity index (χ1) is 16.2. The Morgan fingerprint density at radius 2 is 1.97 bits per heavy atom. The van der Waals surface area contributed by atoms with Gasteiger partial charge in [-0.25, -0.2) is 9.97 Å². The molecule has 1 unspecified atom stereocenters. The zero-order chi connectivity index (χ0) is 22.8. The van der Waals surface area contributed by atoms with Crippen LogP contribution >= 0.6 is 11.3 Å². The second kappa shape index (κ2) is 8.82. The number of fused-ring (bicyclic) bond motifs is 1. The highest BCUT2D eigenvalue weighted by Crippen LogP contribution is 2.41. The Bertz CT molecular complexity index is 1420. The van der Waals surface area contributed by atoms with Crippen LogP contribution in [0.1, 0.15) is 17.2 Å². The second-order valence-corrected chi connectivity index (χ2v) is 8.32. The van der Waals surface area contributed by atoms with E-state index in [1.54, 1.807) is 25.4 Å². The fourth-order valence-corrected chi connectivity index (χ4v) is 4.76. The van der Waals surface area contributed by atoms with E-state index >= 15 is 0 Å². The predicted octanol–water partition coefficient (Wildman–Crippen LogP) is 4.63. The SMILES string of the molecule is COc1ccccc1C1C(CO)=CC=CN1c1nc2ncc(-c3ccc(C#N)cc3)nc2s1. The lowest BCUT2D eigenvalue weighted by Crippen LogP contribution is -2.28. The van der Waals surface area contributed by atoms with Gasteiger partial charge in [0, 0.05) is 17.3 Å². The van der Waals surface area contributed by atoms with Crippen LogP contribution in [0.2, 0.25) is 0 Å². The van der Waals surface area contributed by atoms with Gasteiger partial charge in [-0.1, -0.05) is 47.7 Å². The summed E-state index contributed by atoms with van der Waals surface area (Å²) >= 11 is 1.43. The van der Waals surface area contributed by atoms with Crippen LogP contribution in [0.4, 0.5) is 5.13 Å². The molecule has 0 saturated carbocycles. The number of ether oxygens (including phenoxy) is 1. The van der Waals surface area contributed by atoms with E-state index < -0.39 is 0 Å². The van der Waals surface area contributed by atoms with E-state index in [2.05, 4.69) is 11.1 Å². The number of methoxy groups -OCH3 is 1. The number of nitriles is 1. The predicted molar refractivity (Wildman–Crippen MR) is 128 cm³/mol. The van der Waals surface area contributed by atoms with Crippen LogP contribution in [-0.4, -0.2) is 33.8 Å². The smallest absolute Gasteiger partial charge is 0.194 e. The Hall–Kier alpha value is -4.06. The Morgan fingerprint density at radius 1 is 1.15 bits per heavy atom. The first-order valence-electron chi connectivity index (χ1n) is 10.3. The Kier molecular flexibility index (Phi) is 5.57. The van der Waals surface area contributed by atoms with Crippen LogP contribution in [-0.2, 0) is 0 Å². The molecule has 0 bridgehead atoms. The summed E-state index contributed by atoms with van der Waals surface area (Å²) in [5.41, 5.74) is 4.52. The largest absolute Gasteiger partial charge is 0.496 e. The molecule has 2 aromatic carbocycles. The number of aromatic nitrogens is 3. The number of anilines is 1. The summed E-state index contributed by atoms with van der Waals surface area (Å²) in [6, 6.07) is 16.9. The van der Waals surface area contributed by atoms with Crippen LogP contribution in [0.15, 0.2) is 78.7 Å². The number of nitrogens with zero attached hydrogens (tertiary/aromatic N) is 5. The third-order valence-electron chi connectivity index (χ3n) is 5.45. The molecule has 1 atom stereocenters. The molecule has 1 aliphatic heterocycles. The maximum Gasteiger partial charge on any atom is 0.194 e. The molecule has 1 N–H and O–H groups in total. The van der Waals surface area contributed by atoms with Crippen molar-refractivity contribution >= 4 is 26.9 Å². The minimum Gasteiger partial charge on any atom is -0.496 e. The van der Waals surface area contributed by atoms with E-state index in [-0.39, 0.29) is 12.6 Å².